The predicted molar refractivity (Wildman–Crippen MR) is 75.9 cm³/mol. The monoisotopic (exact) mass is 254 g/mol. The number of nitrogens with one attached hydrogen (secondary N) is 1. The van der Waals surface area contributed by atoms with Gasteiger partial charge in [-0.1, -0.05) is 20.3 Å². The van der Waals surface area contributed by atoms with Gasteiger partial charge in [-0.15, -0.1) is 0 Å². The lowest BCUT2D eigenvalue weighted by Crippen LogP contribution is -2.57. The smallest absolute Gasteiger partial charge is 0.0706 e. The average molecular weight is 254 g/mol. The van der Waals surface area contributed by atoms with Crippen molar-refractivity contribution in [1.29, 1.82) is 0 Å². The Hall–Kier alpha value is -0.120. The van der Waals surface area contributed by atoms with Gasteiger partial charge in [0.1, 0.15) is 0 Å². The van der Waals surface area contributed by atoms with Gasteiger partial charge in [-0.3, -0.25) is 4.90 Å². The first-order chi connectivity index (χ1) is 8.72. The Morgan fingerprint density at radius 2 is 2.11 bits per heavy atom. The molecular formula is C15H30N2O. The van der Waals surface area contributed by atoms with Gasteiger partial charge in [-0.05, 0) is 32.6 Å². The summed E-state index contributed by atoms with van der Waals surface area (Å²) in [5, 5.41) is 3.70. The Labute approximate surface area is 112 Å². The van der Waals surface area contributed by atoms with E-state index in [9.17, 15) is 0 Å². The lowest BCUT2D eigenvalue weighted by atomic mass is 10.0. The summed E-state index contributed by atoms with van der Waals surface area (Å²) in [7, 11) is 0. The van der Waals surface area contributed by atoms with Crippen LogP contribution in [0.4, 0.5) is 0 Å². The maximum atomic E-state index is 5.99. The van der Waals surface area contributed by atoms with Gasteiger partial charge in [0.05, 0.1) is 12.2 Å². The Kier molecular flexibility index (Phi) is 5.46. The van der Waals surface area contributed by atoms with Crippen LogP contribution in [0.25, 0.3) is 0 Å². The van der Waals surface area contributed by atoms with Crippen LogP contribution in [0.5, 0.6) is 0 Å². The normalized spacial score (nSPS) is 38.2. The van der Waals surface area contributed by atoms with E-state index in [1.165, 1.54) is 38.6 Å². The van der Waals surface area contributed by atoms with Crippen LogP contribution in [0.2, 0.25) is 0 Å². The van der Waals surface area contributed by atoms with Crippen molar-refractivity contribution in [3.05, 3.63) is 0 Å². The van der Waals surface area contributed by atoms with Crippen LogP contribution in [-0.4, -0.2) is 48.8 Å². The molecule has 4 unspecified atom stereocenters. The summed E-state index contributed by atoms with van der Waals surface area (Å²) in [6.07, 6.45) is 7.27. The minimum absolute atomic E-state index is 0.476. The zero-order valence-electron chi connectivity index (χ0n) is 12.3. The SMILES string of the molecule is CCCC1CN(CC2CCC(C)O2)C(CC)CN1. The molecule has 0 aromatic rings. The van der Waals surface area contributed by atoms with E-state index >= 15 is 0 Å². The highest BCUT2D eigenvalue weighted by molar-refractivity contribution is 4.87. The van der Waals surface area contributed by atoms with E-state index < -0.39 is 0 Å². The Balaban J connectivity index is 1.85. The molecule has 3 heteroatoms. The molecule has 0 spiro atoms. The lowest BCUT2D eigenvalue weighted by molar-refractivity contribution is 0.00960. The Bertz CT molecular complexity index is 247. The van der Waals surface area contributed by atoms with E-state index in [0.29, 0.717) is 24.3 Å². The fourth-order valence-electron chi connectivity index (χ4n) is 3.38. The highest BCUT2D eigenvalue weighted by Crippen LogP contribution is 2.22. The molecule has 0 radical (unpaired) electrons. The Morgan fingerprint density at radius 3 is 2.72 bits per heavy atom. The summed E-state index contributed by atoms with van der Waals surface area (Å²) in [6.45, 7) is 10.3. The number of hydrogen-bond donors (Lipinski definition) is 1. The van der Waals surface area contributed by atoms with Crippen molar-refractivity contribution < 1.29 is 4.74 Å². The summed E-state index contributed by atoms with van der Waals surface area (Å²) in [6, 6.07) is 1.40. The second-order valence-electron chi connectivity index (χ2n) is 6.06. The van der Waals surface area contributed by atoms with Crippen molar-refractivity contribution in [2.24, 2.45) is 0 Å². The standard InChI is InChI=1S/C15H30N2O/c1-4-6-13-10-17(14(5-2)9-16-13)11-15-8-7-12(3)18-15/h12-16H,4-11H2,1-3H3. The number of piperazine rings is 1. The largest absolute Gasteiger partial charge is 0.374 e. The number of rotatable bonds is 5. The molecule has 18 heavy (non-hydrogen) atoms. The van der Waals surface area contributed by atoms with E-state index in [2.05, 4.69) is 31.0 Å². The van der Waals surface area contributed by atoms with Crippen molar-refractivity contribution in [2.45, 2.75) is 77.2 Å². The topological polar surface area (TPSA) is 24.5 Å². The average Bonchev–Trinajstić information content (AvgIpc) is 2.76. The van der Waals surface area contributed by atoms with Crippen molar-refractivity contribution in [1.82, 2.24) is 10.2 Å². The van der Waals surface area contributed by atoms with Crippen molar-refractivity contribution in [2.75, 3.05) is 19.6 Å². The molecule has 2 aliphatic rings. The van der Waals surface area contributed by atoms with Gasteiger partial charge in [-0.25, -0.2) is 0 Å². The maximum absolute atomic E-state index is 5.99. The molecule has 1 N–H and O–H groups in total. The summed E-state index contributed by atoms with van der Waals surface area (Å²) in [5.74, 6) is 0. The zero-order valence-corrected chi connectivity index (χ0v) is 12.3. The van der Waals surface area contributed by atoms with Gasteiger partial charge in [0, 0.05) is 31.7 Å². The van der Waals surface area contributed by atoms with Crippen LogP contribution in [0, 0.1) is 0 Å². The molecule has 2 heterocycles. The second kappa shape index (κ2) is 6.88. The van der Waals surface area contributed by atoms with E-state index in [1.807, 2.05) is 0 Å². The van der Waals surface area contributed by atoms with Gasteiger partial charge >= 0.3 is 0 Å². The molecule has 3 nitrogen and oxygen atoms in total. The van der Waals surface area contributed by atoms with Crippen LogP contribution in [0.15, 0.2) is 0 Å². The quantitative estimate of drug-likeness (QED) is 0.815. The fourth-order valence-corrected chi connectivity index (χ4v) is 3.38. The highest BCUT2D eigenvalue weighted by Gasteiger charge is 2.30. The lowest BCUT2D eigenvalue weighted by Gasteiger charge is -2.41. The zero-order chi connectivity index (χ0) is 13.0. The summed E-state index contributed by atoms with van der Waals surface area (Å²) in [5.41, 5.74) is 0. The molecule has 0 aromatic heterocycles. The van der Waals surface area contributed by atoms with Gasteiger partial charge in [0.2, 0.25) is 0 Å². The summed E-state index contributed by atoms with van der Waals surface area (Å²) in [4.78, 5) is 2.68. The van der Waals surface area contributed by atoms with Gasteiger partial charge in [0.25, 0.3) is 0 Å². The van der Waals surface area contributed by atoms with E-state index in [4.69, 9.17) is 4.74 Å². The molecule has 0 amide bonds. The molecular weight excluding hydrogens is 224 g/mol. The first-order valence-electron chi connectivity index (χ1n) is 7.85. The van der Waals surface area contributed by atoms with Crippen LogP contribution in [-0.2, 0) is 4.74 Å². The molecule has 4 atom stereocenters. The second-order valence-corrected chi connectivity index (χ2v) is 6.06. The first-order valence-corrected chi connectivity index (χ1v) is 7.85. The number of hydrogen-bond acceptors (Lipinski definition) is 3. The fraction of sp³-hybridized carbons (Fsp3) is 1.00. The van der Waals surface area contributed by atoms with Crippen LogP contribution < -0.4 is 5.32 Å². The maximum Gasteiger partial charge on any atom is 0.0706 e. The van der Waals surface area contributed by atoms with Crippen molar-refractivity contribution in [3.63, 3.8) is 0 Å². The first kappa shape index (κ1) is 14.3. The molecule has 0 bridgehead atoms. The molecule has 106 valence electrons. The number of ether oxygens (including phenoxy) is 1. The summed E-state index contributed by atoms with van der Waals surface area (Å²) >= 11 is 0. The van der Waals surface area contributed by atoms with Crippen molar-refractivity contribution >= 4 is 0 Å². The molecule has 0 saturated carbocycles. The minimum Gasteiger partial charge on any atom is -0.374 e. The van der Waals surface area contributed by atoms with E-state index in [1.54, 1.807) is 0 Å². The van der Waals surface area contributed by atoms with Crippen molar-refractivity contribution in [3.8, 4) is 0 Å². The van der Waals surface area contributed by atoms with Gasteiger partial charge in [0.15, 0.2) is 0 Å². The molecule has 0 aliphatic carbocycles. The molecule has 2 saturated heterocycles. The molecule has 2 aliphatic heterocycles. The van der Waals surface area contributed by atoms with E-state index in [0.717, 1.165) is 13.1 Å². The third kappa shape index (κ3) is 3.69. The summed E-state index contributed by atoms with van der Waals surface area (Å²) < 4.78 is 5.99. The van der Waals surface area contributed by atoms with Crippen LogP contribution in [0.1, 0.15) is 52.9 Å². The third-order valence-electron chi connectivity index (χ3n) is 4.48. The van der Waals surface area contributed by atoms with Gasteiger partial charge < -0.3 is 10.1 Å². The van der Waals surface area contributed by atoms with E-state index in [-0.39, 0.29) is 0 Å². The predicted octanol–water partition coefficient (Wildman–Crippen LogP) is 2.41. The minimum atomic E-state index is 0.476. The molecule has 0 aromatic carbocycles. The number of nitrogens with zero attached hydrogens (tertiary/aromatic N) is 1. The molecule has 2 fully saturated rings. The van der Waals surface area contributed by atoms with Crippen LogP contribution >= 0.6 is 0 Å². The highest BCUT2D eigenvalue weighted by atomic mass is 16.5. The van der Waals surface area contributed by atoms with Gasteiger partial charge in [-0.2, -0.15) is 0 Å². The Morgan fingerprint density at radius 1 is 1.28 bits per heavy atom. The van der Waals surface area contributed by atoms with Crippen LogP contribution in [0.3, 0.4) is 0 Å². The molecule has 2 rings (SSSR count). The third-order valence-corrected chi connectivity index (χ3v) is 4.48.